The summed E-state index contributed by atoms with van der Waals surface area (Å²) in [6, 6.07) is 15.7. The second-order valence-electron chi connectivity index (χ2n) is 5.47. The molecule has 0 heterocycles. The zero-order valence-corrected chi connectivity index (χ0v) is 14.7. The molecule has 0 atom stereocenters. The lowest BCUT2D eigenvalue weighted by atomic mass is 9.94. The summed E-state index contributed by atoms with van der Waals surface area (Å²) in [5.74, 6) is 0. The summed E-state index contributed by atoms with van der Waals surface area (Å²) >= 11 is 6.00. The molecule has 0 aliphatic heterocycles. The van der Waals surface area contributed by atoms with Crippen LogP contribution in [0.1, 0.15) is 11.1 Å². The highest BCUT2D eigenvalue weighted by atomic mass is 35.5. The molecule has 2 aromatic carbocycles. The number of halogens is 1. The molecule has 0 fully saturated rings. The number of hydrogen-bond acceptors (Lipinski definition) is 3. The monoisotopic (exact) mass is 340 g/mol. The second-order valence-corrected chi connectivity index (χ2v) is 5.90. The highest BCUT2D eigenvalue weighted by molar-refractivity contribution is 6.30. The van der Waals surface area contributed by atoms with E-state index < -0.39 is 0 Å². The summed E-state index contributed by atoms with van der Waals surface area (Å²) in [5, 5.41) is 3.82. The van der Waals surface area contributed by atoms with E-state index in [2.05, 4.69) is 11.9 Å². The number of rotatable bonds is 7. The van der Waals surface area contributed by atoms with Crippen LogP contribution in [-0.2, 0) is 4.79 Å². The van der Waals surface area contributed by atoms with Gasteiger partial charge in [0.05, 0.1) is 6.54 Å². The minimum atomic E-state index is 0.320. The van der Waals surface area contributed by atoms with Crippen LogP contribution >= 0.6 is 11.6 Å². The number of nitrogens with zero attached hydrogens (tertiary/aromatic N) is 1. The Balaban J connectivity index is 2.46. The van der Waals surface area contributed by atoms with Crippen LogP contribution in [0, 0.1) is 0 Å². The van der Waals surface area contributed by atoms with Gasteiger partial charge >= 0.3 is 0 Å². The molecule has 0 unspecified atom stereocenters. The molecule has 124 valence electrons. The normalized spacial score (nSPS) is 11.0. The van der Waals surface area contributed by atoms with Crippen LogP contribution in [-0.4, -0.2) is 31.8 Å². The summed E-state index contributed by atoms with van der Waals surface area (Å²) in [6.45, 7) is 4.59. The molecule has 0 aliphatic rings. The molecular formula is C20H21ClN2O. The van der Waals surface area contributed by atoms with Crippen molar-refractivity contribution in [2.45, 2.75) is 0 Å². The van der Waals surface area contributed by atoms with Crippen molar-refractivity contribution in [3.63, 3.8) is 0 Å². The number of nitrogens with one attached hydrogen (secondary N) is 1. The van der Waals surface area contributed by atoms with Crippen LogP contribution in [0.15, 0.2) is 61.3 Å². The van der Waals surface area contributed by atoms with Gasteiger partial charge in [0.15, 0.2) is 0 Å². The minimum Gasteiger partial charge on any atom is -0.388 e. The van der Waals surface area contributed by atoms with E-state index in [0.717, 1.165) is 34.2 Å². The Kier molecular flexibility index (Phi) is 6.21. The first-order chi connectivity index (χ1) is 11.5. The van der Waals surface area contributed by atoms with Crippen molar-refractivity contribution >= 4 is 34.7 Å². The lowest BCUT2D eigenvalue weighted by molar-refractivity contribution is -0.108. The summed E-state index contributed by atoms with van der Waals surface area (Å²) in [5.41, 5.74) is 4.86. The van der Waals surface area contributed by atoms with Gasteiger partial charge in [-0.2, -0.15) is 0 Å². The van der Waals surface area contributed by atoms with Gasteiger partial charge < -0.3 is 15.0 Å². The molecular weight excluding hydrogens is 320 g/mol. The number of carbonyl (C=O) groups excluding carboxylic acids is 1. The first-order valence-electron chi connectivity index (χ1n) is 7.64. The molecule has 0 radical (unpaired) electrons. The number of likely N-dealkylation sites (N-methyl/N-ethyl adjacent to an activating group) is 1. The third kappa shape index (κ3) is 4.49. The Morgan fingerprint density at radius 3 is 2.54 bits per heavy atom. The number of benzene rings is 2. The third-order valence-electron chi connectivity index (χ3n) is 3.69. The predicted molar refractivity (Wildman–Crippen MR) is 103 cm³/mol. The van der Waals surface area contributed by atoms with Crippen molar-refractivity contribution in [2.24, 2.45) is 0 Å². The summed E-state index contributed by atoms with van der Waals surface area (Å²) in [4.78, 5) is 12.6. The quantitative estimate of drug-likeness (QED) is 0.592. The molecule has 1 N–H and O–H groups in total. The average Bonchev–Trinajstić information content (AvgIpc) is 2.60. The lowest BCUT2D eigenvalue weighted by Crippen LogP contribution is -2.14. The topological polar surface area (TPSA) is 32.3 Å². The first kappa shape index (κ1) is 17.8. The lowest BCUT2D eigenvalue weighted by Gasteiger charge is -2.17. The van der Waals surface area contributed by atoms with Crippen molar-refractivity contribution in [2.75, 3.05) is 26.0 Å². The number of hydrogen-bond donors (Lipinski definition) is 1. The zero-order valence-electron chi connectivity index (χ0n) is 13.9. The van der Waals surface area contributed by atoms with Gasteiger partial charge in [0.1, 0.15) is 6.29 Å². The molecule has 3 nitrogen and oxygen atoms in total. The fourth-order valence-electron chi connectivity index (χ4n) is 2.36. The van der Waals surface area contributed by atoms with Crippen molar-refractivity contribution in [1.82, 2.24) is 4.90 Å². The van der Waals surface area contributed by atoms with E-state index in [4.69, 9.17) is 11.6 Å². The SMILES string of the molecule is C=C(/C(=C\N(C)CC=O)c1ccc(Cl)cc1)c1cccc(NC)c1. The molecule has 0 aliphatic carbocycles. The van der Waals surface area contributed by atoms with Gasteiger partial charge in [0, 0.05) is 36.6 Å². The molecule has 2 aromatic rings. The molecule has 4 heteroatoms. The van der Waals surface area contributed by atoms with Gasteiger partial charge in [-0.05, 0) is 41.0 Å². The van der Waals surface area contributed by atoms with Crippen LogP contribution in [0.25, 0.3) is 11.1 Å². The molecule has 24 heavy (non-hydrogen) atoms. The Labute approximate surface area is 148 Å². The maximum atomic E-state index is 10.8. The van der Waals surface area contributed by atoms with Crippen LogP contribution in [0.2, 0.25) is 5.02 Å². The van der Waals surface area contributed by atoms with E-state index in [1.807, 2.05) is 73.7 Å². The molecule has 0 aromatic heterocycles. The van der Waals surface area contributed by atoms with Gasteiger partial charge in [0.2, 0.25) is 0 Å². The Morgan fingerprint density at radius 2 is 1.92 bits per heavy atom. The summed E-state index contributed by atoms with van der Waals surface area (Å²) in [7, 11) is 3.75. The van der Waals surface area contributed by atoms with Gasteiger partial charge in [-0.1, -0.05) is 42.4 Å². The zero-order chi connectivity index (χ0) is 17.5. The van der Waals surface area contributed by atoms with Crippen LogP contribution in [0.5, 0.6) is 0 Å². The maximum Gasteiger partial charge on any atom is 0.139 e. The fourth-order valence-corrected chi connectivity index (χ4v) is 2.49. The van der Waals surface area contributed by atoms with E-state index in [-0.39, 0.29) is 0 Å². The maximum absolute atomic E-state index is 10.8. The summed E-state index contributed by atoms with van der Waals surface area (Å²) < 4.78 is 0. The number of aldehydes is 1. The van der Waals surface area contributed by atoms with Crippen LogP contribution < -0.4 is 5.32 Å². The van der Waals surface area contributed by atoms with Crippen LogP contribution in [0.4, 0.5) is 5.69 Å². The largest absolute Gasteiger partial charge is 0.388 e. The molecule has 0 amide bonds. The molecule has 2 rings (SSSR count). The predicted octanol–water partition coefficient (Wildman–Crippen LogP) is 4.57. The van der Waals surface area contributed by atoms with Crippen molar-refractivity contribution < 1.29 is 4.79 Å². The molecule has 0 spiro atoms. The van der Waals surface area contributed by atoms with Gasteiger partial charge in [0.25, 0.3) is 0 Å². The van der Waals surface area contributed by atoms with Gasteiger partial charge in [-0.15, -0.1) is 0 Å². The number of carbonyl (C=O) groups is 1. The first-order valence-corrected chi connectivity index (χ1v) is 8.02. The van der Waals surface area contributed by atoms with Crippen molar-refractivity contribution in [3.05, 3.63) is 77.5 Å². The molecule has 0 saturated carbocycles. The standard InChI is InChI=1S/C20H21ClN2O/c1-15(17-5-4-6-19(13-17)22-2)20(14-23(3)11-12-24)16-7-9-18(21)10-8-16/h4-10,12-14,22H,1,11H2,2-3H3/b20-14+. The summed E-state index contributed by atoms with van der Waals surface area (Å²) in [6.07, 6.45) is 2.81. The minimum absolute atomic E-state index is 0.320. The number of allylic oxidation sites excluding steroid dienone is 2. The highest BCUT2D eigenvalue weighted by Gasteiger charge is 2.10. The molecule has 0 bridgehead atoms. The van der Waals surface area contributed by atoms with E-state index in [0.29, 0.717) is 11.6 Å². The van der Waals surface area contributed by atoms with E-state index >= 15 is 0 Å². The molecule has 0 saturated heterocycles. The second kappa shape index (κ2) is 8.37. The highest BCUT2D eigenvalue weighted by Crippen LogP contribution is 2.31. The third-order valence-corrected chi connectivity index (χ3v) is 3.94. The average molecular weight is 341 g/mol. The smallest absolute Gasteiger partial charge is 0.139 e. The van der Waals surface area contributed by atoms with Crippen molar-refractivity contribution in [1.29, 1.82) is 0 Å². The Bertz CT molecular complexity index is 750. The van der Waals surface area contributed by atoms with Gasteiger partial charge in [-0.25, -0.2) is 0 Å². The Hall–Kier alpha value is -2.52. The van der Waals surface area contributed by atoms with E-state index in [1.54, 1.807) is 0 Å². The van der Waals surface area contributed by atoms with E-state index in [1.165, 1.54) is 0 Å². The Morgan fingerprint density at radius 1 is 1.21 bits per heavy atom. The van der Waals surface area contributed by atoms with E-state index in [9.17, 15) is 4.79 Å². The van der Waals surface area contributed by atoms with Gasteiger partial charge in [-0.3, -0.25) is 0 Å². The van der Waals surface area contributed by atoms with Crippen molar-refractivity contribution in [3.8, 4) is 0 Å². The number of anilines is 1. The van der Waals surface area contributed by atoms with Crippen LogP contribution in [0.3, 0.4) is 0 Å². The fraction of sp³-hybridized carbons (Fsp3) is 0.150.